The molecule has 0 bridgehead atoms. The first-order valence-electron chi connectivity index (χ1n) is 5.37. The van der Waals surface area contributed by atoms with Crippen LogP contribution < -0.4 is 4.74 Å². The highest BCUT2D eigenvalue weighted by molar-refractivity contribution is 7.97. The second-order valence-corrected chi connectivity index (χ2v) is 4.10. The fourth-order valence-electron chi connectivity index (χ4n) is 1.57. The van der Waals surface area contributed by atoms with Crippen molar-refractivity contribution in [3.63, 3.8) is 0 Å². The third-order valence-corrected chi connectivity index (χ3v) is 2.65. The standard InChI is InChI=1S/C14H11FO2S/c15-11-7-4-8-12(13(11)14(16)18)17-9-10-5-2-1-3-6-10/h1-8H,9H2,(H,16,18). The lowest BCUT2D eigenvalue weighted by Gasteiger charge is -2.10. The zero-order chi connectivity index (χ0) is 13.0. The van der Waals surface area contributed by atoms with E-state index in [2.05, 4.69) is 12.6 Å². The van der Waals surface area contributed by atoms with Crippen LogP contribution in [-0.4, -0.2) is 5.12 Å². The molecule has 2 aromatic rings. The summed E-state index contributed by atoms with van der Waals surface area (Å²) >= 11 is 3.65. The Morgan fingerprint density at radius 1 is 1.11 bits per heavy atom. The van der Waals surface area contributed by atoms with Crippen molar-refractivity contribution in [2.75, 3.05) is 0 Å². The van der Waals surface area contributed by atoms with Gasteiger partial charge in [0.15, 0.2) is 0 Å². The Morgan fingerprint density at radius 2 is 1.83 bits per heavy atom. The van der Waals surface area contributed by atoms with Crippen molar-refractivity contribution in [2.45, 2.75) is 6.61 Å². The number of carbonyl (C=O) groups excluding carboxylic acids is 1. The Labute approximate surface area is 110 Å². The van der Waals surface area contributed by atoms with Crippen molar-refractivity contribution in [3.8, 4) is 5.75 Å². The van der Waals surface area contributed by atoms with Crippen LogP contribution in [0.15, 0.2) is 48.5 Å². The molecule has 0 spiro atoms. The zero-order valence-electron chi connectivity index (χ0n) is 9.47. The smallest absolute Gasteiger partial charge is 0.223 e. The Kier molecular flexibility index (Phi) is 3.99. The van der Waals surface area contributed by atoms with Gasteiger partial charge in [-0.2, -0.15) is 0 Å². The van der Waals surface area contributed by atoms with E-state index in [0.29, 0.717) is 0 Å². The van der Waals surface area contributed by atoms with Gasteiger partial charge in [-0.1, -0.05) is 36.4 Å². The van der Waals surface area contributed by atoms with Crippen LogP contribution in [0.25, 0.3) is 0 Å². The fourth-order valence-corrected chi connectivity index (χ4v) is 1.78. The number of benzene rings is 2. The second kappa shape index (κ2) is 5.69. The monoisotopic (exact) mass is 262 g/mol. The minimum atomic E-state index is -0.642. The molecule has 2 aromatic carbocycles. The number of ether oxygens (including phenoxy) is 1. The molecule has 0 radical (unpaired) electrons. The van der Waals surface area contributed by atoms with Gasteiger partial charge in [-0.05, 0) is 17.7 Å². The maximum absolute atomic E-state index is 13.5. The van der Waals surface area contributed by atoms with Crippen LogP contribution in [0, 0.1) is 5.82 Å². The van der Waals surface area contributed by atoms with Gasteiger partial charge in [0.1, 0.15) is 23.7 Å². The molecule has 0 N–H and O–H groups in total. The van der Waals surface area contributed by atoms with Gasteiger partial charge in [0, 0.05) is 0 Å². The van der Waals surface area contributed by atoms with Crippen molar-refractivity contribution < 1.29 is 13.9 Å². The summed E-state index contributed by atoms with van der Waals surface area (Å²) in [5.74, 6) is -0.417. The van der Waals surface area contributed by atoms with E-state index in [1.54, 1.807) is 6.07 Å². The van der Waals surface area contributed by atoms with Gasteiger partial charge in [0.2, 0.25) is 5.12 Å². The molecule has 0 aromatic heterocycles. The van der Waals surface area contributed by atoms with Gasteiger partial charge in [0.05, 0.1) is 0 Å². The number of hydrogen-bond acceptors (Lipinski definition) is 2. The molecule has 0 saturated carbocycles. The molecule has 0 heterocycles. The Balaban J connectivity index is 2.20. The zero-order valence-corrected chi connectivity index (χ0v) is 10.4. The molecule has 0 aliphatic rings. The maximum atomic E-state index is 13.5. The summed E-state index contributed by atoms with van der Waals surface area (Å²) in [6.07, 6.45) is 0. The number of hydrogen-bond donors (Lipinski definition) is 1. The van der Waals surface area contributed by atoms with E-state index in [1.807, 2.05) is 30.3 Å². The van der Waals surface area contributed by atoms with Crippen LogP contribution in [0.4, 0.5) is 4.39 Å². The van der Waals surface area contributed by atoms with E-state index in [1.165, 1.54) is 12.1 Å². The van der Waals surface area contributed by atoms with Gasteiger partial charge < -0.3 is 4.74 Å². The third-order valence-electron chi connectivity index (χ3n) is 2.43. The number of carbonyl (C=O) groups is 1. The third kappa shape index (κ3) is 2.90. The molecule has 18 heavy (non-hydrogen) atoms. The lowest BCUT2D eigenvalue weighted by Crippen LogP contribution is -2.02. The normalized spacial score (nSPS) is 10.1. The molecule has 2 rings (SSSR count). The van der Waals surface area contributed by atoms with Gasteiger partial charge in [-0.25, -0.2) is 4.39 Å². The van der Waals surface area contributed by atoms with Crippen LogP contribution in [0.1, 0.15) is 15.9 Å². The van der Waals surface area contributed by atoms with E-state index < -0.39 is 10.9 Å². The second-order valence-electron chi connectivity index (χ2n) is 3.69. The van der Waals surface area contributed by atoms with Crippen molar-refractivity contribution in [3.05, 3.63) is 65.5 Å². The highest BCUT2D eigenvalue weighted by atomic mass is 32.1. The molecular formula is C14H11FO2S. The van der Waals surface area contributed by atoms with E-state index in [9.17, 15) is 9.18 Å². The fraction of sp³-hybridized carbons (Fsp3) is 0.0714. The molecule has 0 fully saturated rings. The molecular weight excluding hydrogens is 251 g/mol. The maximum Gasteiger partial charge on any atom is 0.223 e. The largest absolute Gasteiger partial charge is 0.488 e. The molecule has 0 unspecified atom stereocenters. The summed E-state index contributed by atoms with van der Waals surface area (Å²) in [5, 5.41) is -0.642. The van der Waals surface area contributed by atoms with Gasteiger partial charge in [0.25, 0.3) is 0 Å². The highest BCUT2D eigenvalue weighted by Gasteiger charge is 2.14. The SMILES string of the molecule is O=C(S)c1c(F)cccc1OCc1ccccc1. The van der Waals surface area contributed by atoms with Crippen molar-refractivity contribution in [1.82, 2.24) is 0 Å². The molecule has 0 saturated heterocycles. The highest BCUT2D eigenvalue weighted by Crippen LogP contribution is 2.24. The van der Waals surface area contributed by atoms with Gasteiger partial charge in [-0.3, -0.25) is 4.79 Å². The average molecular weight is 262 g/mol. The predicted octanol–water partition coefficient (Wildman–Crippen LogP) is 3.47. The number of halogens is 1. The molecule has 0 aliphatic heterocycles. The Hall–Kier alpha value is -1.81. The topological polar surface area (TPSA) is 26.3 Å². The summed E-state index contributed by atoms with van der Waals surface area (Å²) in [4.78, 5) is 11.2. The van der Waals surface area contributed by atoms with Crippen molar-refractivity contribution in [2.24, 2.45) is 0 Å². The first-order valence-corrected chi connectivity index (χ1v) is 5.81. The minimum Gasteiger partial charge on any atom is -0.488 e. The van der Waals surface area contributed by atoms with Gasteiger partial charge in [-0.15, -0.1) is 12.6 Å². The quantitative estimate of drug-likeness (QED) is 0.854. The summed E-state index contributed by atoms with van der Waals surface area (Å²) in [6, 6.07) is 13.7. The Morgan fingerprint density at radius 3 is 2.50 bits per heavy atom. The predicted molar refractivity (Wildman–Crippen MR) is 70.5 cm³/mol. The number of thiol groups is 1. The molecule has 4 heteroatoms. The molecule has 92 valence electrons. The van der Waals surface area contributed by atoms with Crippen LogP contribution in [0.2, 0.25) is 0 Å². The van der Waals surface area contributed by atoms with E-state index >= 15 is 0 Å². The van der Waals surface area contributed by atoms with Crippen LogP contribution >= 0.6 is 12.6 Å². The number of rotatable bonds is 4. The van der Waals surface area contributed by atoms with Crippen molar-refractivity contribution in [1.29, 1.82) is 0 Å². The van der Waals surface area contributed by atoms with Crippen LogP contribution in [0.3, 0.4) is 0 Å². The average Bonchev–Trinajstić information content (AvgIpc) is 2.37. The Bertz CT molecular complexity index is 555. The molecule has 0 aliphatic carbocycles. The first kappa shape index (κ1) is 12.6. The van der Waals surface area contributed by atoms with E-state index in [0.717, 1.165) is 5.56 Å². The molecule has 2 nitrogen and oxygen atoms in total. The van der Waals surface area contributed by atoms with Gasteiger partial charge >= 0.3 is 0 Å². The molecule has 0 amide bonds. The minimum absolute atomic E-state index is 0.128. The summed E-state index contributed by atoms with van der Waals surface area (Å²) in [5.41, 5.74) is 0.816. The summed E-state index contributed by atoms with van der Waals surface area (Å²) in [6.45, 7) is 0.276. The lowest BCUT2D eigenvalue weighted by atomic mass is 10.2. The molecule has 0 atom stereocenters. The summed E-state index contributed by atoms with van der Waals surface area (Å²) in [7, 11) is 0. The lowest BCUT2D eigenvalue weighted by molar-refractivity contribution is 0.108. The van der Waals surface area contributed by atoms with E-state index in [-0.39, 0.29) is 17.9 Å². The van der Waals surface area contributed by atoms with Crippen molar-refractivity contribution >= 4 is 17.7 Å². The van der Waals surface area contributed by atoms with Crippen LogP contribution in [-0.2, 0) is 6.61 Å². The van der Waals surface area contributed by atoms with Crippen LogP contribution in [0.5, 0.6) is 5.75 Å². The first-order chi connectivity index (χ1) is 8.68. The van der Waals surface area contributed by atoms with E-state index in [4.69, 9.17) is 4.74 Å². The summed E-state index contributed by atoms with van der Waals surface area (Å²) < 4.78 is 18.9.